The molecule has 0 amide bonds. The highest BCUT2D eigenvalue weighted by Crippen LogP contribution is 2.41. The monoisotopic (exact) mass is 507 g/mol. The van der Waals surface area contributed by atoms with Crippen LogP contribution >= 0.6 is 11.6 Å². The molecule has 1 aliphatic rings. The molecule has 0 unspecified atom stereocenters. The van der Waals surface area contributed by atoms with Crippen LogP contribution in [0.1, 0.15) is 19.3 Å². The number of rotatable bonds is 8. The Morgan fingerprint density at radius 3 is 2.74 bits per heavy atom. The van der Waals surface area contributed by atoms with Crippen LogP contribution in [-0.4, -0.2) is 45.0 Å². The third kappa shape index (κ3) is 4.15. The summed E-state index contributed by atoms with van der Waals surface area (Å²) in [5.74, 6) is 0.698. The van der Waals surface area contributed by atoms with Gasteiger partial charge in [-0.1, -0.05) is 23.7 Å². The Morgan fingerprint density at radius 2 is 1.94 bits per heavy atom. The molecule has 0 bridgehead atoms. The molecule has 0 aliphatic heterocycles. The number of nitrogens with one attached hydrogen (secondary N) is 1. The van der Waals surface area contributed by atoms with Crippen LogP contribution in [0.15, 0.2) is 66.2 Å². The van der Waals surface area contributed by atoms with E-state index in [1.165, 1.54) is 0 Å². The summed E-state index contributed by atoms with van der Waals surface area (Å²) in [5.41, 5.74) is 3.19. The highest BCUT2D eigenvalue weighted by Gasteiger charge is 2.37. The van der Waals surface area contributed by atoms with E-state index in [9.17, 15) is 8.42 Å². The van der Waals surface area contributed by atoms with Gasteiger partial charge in [0.2, 0.25) is 0 Å². The maximum atomic E-state index is 12.9. The van der Waals surface area contributed by atoms with E-state index >= 15 is 0 Å². The lowest BCUT2D eigenvalue weighted by molar-refractivity contribution is 0.304. The molecule has 1 N–H and O–H groups in total. The van der Waals surface area contributed by atoms with E-state index < -0.39 is 9.84 Å². The van der Waals surface area contributed by atoms with Gasteiger partial charge in [0.15, 0.2) is 9.84 Å². The van der Waals surface area contributed by atoms with Gasteiger partial charge in [-0.3, -0.25) is 0 Å². The second kappa shape index (κ2) is 8.66. The SMILES string of the molecule is O=S(=O)(c1cccc(-c2ccc(OCCCn3cnnc3)c3[nH]c4ncc(Cl)cc4c23)c1)C1CC1. The van der Waals surface area contributed by atoms with Gasteiger partial charge in [-0.05, 0) is 60.7 Å². The zero-order valence-corrected chi connectivity index (χ0v) is 20.3. The van der Waals surface area contributed by atoms with Gasteiger partial charge in [0.25, 0.3) is 0 Å². The lowest BCUT2D eigenvalue weighted by Crippen LogP contribution is -2.07. The van der Waals surface area contributed by atoms with Crippen molar-refractivity contribution in [2.45, 2.75) is 36.0 Å². The minimum atomic E-state index is -3.30. The molecule has 3 aromatic heterocycles. The van der Waals surface area contributed by atoms with Gasteiger partial charge in [0.05, 0.1) is 27.3 Å². The summed E-state index contributed by atoms with van der Waals surface area (Å²) in [5, 5.41) is 9.64. The van der Waals surface area contributed by atoms with Gasteiger partial charge in [-0.15, -0.1) is 10.2 Å². The van der Waals surface area contributed by atoms with Gasteiger partial charge in [0, 0.05) is 23.5 Å². The number of halogens is 1. The average molecular weight is 508 g/mol. The molecule has 5 aromatic rings. The number of aryl methyl sites for hydroxylation is 1. The van der Waals surface area contributed by atoms with Crippen LogP contribution in [0.25, 0.3) is 33.1 Å². The van der Waals surface area contributed by atoms with Crippen LogP contribution in [0.3, 0.4) is 0 Å². The van der Waals surface area contributed by atoms with E-state index in [0.717, 1.165) is 53.2 Å². The first-order valence-corrected chi connectivity index (χ1v) is 13.3. The standard InChI is InChI=1S/C25H22ClN5O3S/c26-17-12-21-23-20(16-3-1-4-19(11-16)35(32,33)18-5-6-18)7-8-22(24(23)30-25(21)27-13-17)34-10-2-9-31-14-28-29-15-31/h1,3-4,7-8,11-15,18H,2,5-6,9-10H2,(H,27,30). The van der Waals surface area contributed by atoms with E-state index in [0.29, 0.717) is 27.9 Å². The number of hydrogen-bond acceptors (Lipinski definition) is 6. The van der Waals surface area contributed by atoms with E-state index in [1.54, 1.807) is 37.1 Å². The smallest absolute Gasteiger partial charge is 0.181 e. The molecule has 178 valence electrons. The quantitative estimate of drug-likeness (QED) is 0.295. The van der Waals surface area contributed by atoms with Crippen LogP contribution in [0, 0.1) is 0 Å². The van der Waals surface area contributed by atoms with Crippen molar-refractivity contribution in [3.63, 3.8) is 0 Å². The minimum absolute atomic E-state index is 0.261. The molecule has 2 aromatic carbocycles. The molecular formula is C25H22ClN5O3S. The summed E-state index contributed by atoms with van der Waals surface area (Å²) >= 11 is 6.29. The first-order valence-electron chi connectivity index (χ1n) is 11.4. The fraction of sp³-hybridized carbons (Fsp3) is 0.240. The Balaban J connectivity index is 1.41. The minimum Gasteiger partial charge on any atom is -0.491 e. The predicted octanol–water partition coefficient (Wildman–Crippen LogP) is 5.03. The van der Waals surface area contributed by atoms with Crippen molar-refractivity contribution in [2.24, 2.45) is 0 Å². The van der Waals surface area contributed by atoms with Crippen molar-refractivity contribution in [2.75, 3.05) is 6.61 Å². The molecule has 0 saturated heterocycles. The second-order valence-corrected chi connectivity index (χ2v) is 11.4. The molecule has 1 fully saturated rings. The summed E-state index contributed by atoms with van der Waals surface area (Å²) < 4.78 is 33.8. The average Bonchev–Trinajstić information content (AvgIpc) is 3.49. The van der Waals surface area contributed by atoms with Gasteiger partial charge in [-0.25, -0.2) is 13.4 Å². The van der Waals surface area contributed by atoms with Crippen molar-refractivity contribution in [3.05, 3.63) is 66.3 Å². The molecular weight excluding hydrogens is 486 g/mol. The third-order valence-electron chi connectivity index (χ3n) is 6.26. The summed E-state index contributed by atoms with van der Waals surface area (Å²) in [7, 11) is -3.30. The molecule has 0 atom stereocenters. The van der Waals surface area contributed by atoms with Crippen molar-refractivity contribution < 1.29 is 13.2 Å². The van der Waals surface area contributed by atoms with Crippen LogP contribution < -0.4 is 4.74 Å². The molecule has 6 rings (SSSR count). The molecule has 1 saturated carbocycles. The first kappa shape index (κ1) is 22.1. The topological polar surface area (TPSA) is 103 Å². The van der Waals surface area contributed by atoms with Crippen LogP contribution in [0.4, 0.5) is 0 Å². The van der Waals surface area contributed by atoms with Gasteiger partial charge < -0.3 is 14.3 Å². The summed E-state index contributed by atoms with van der Waals surface area (Å²) in [6.07, 6.45) is 7.20. The highest BCUT2D eigenvalue weighted by molar-refractivity contribution is 7.92. The van der Waals surface area contributed by atoms with E-state index in [-0.39, 0.29) is 5.25 Å². The number of fused-ring (bicyclic) bond motifs is 3. The van der Waals surface area contributed by atoms with Crippen LogP contribution in [0.5, 0.6) is 5.75 Å². The molecule has 1 aliphatic carbocycles. The fourth-order valence-corrected chi connectivity index (χ4v) is 6.23. The maximum absolute atomic E-state index is 12.9. The molecule has 3 heterocycles. The van der Waals surface area contributed by atoms with Gasteiger partial charge in [-0.2, -0.15) is 0 Å². The number of pyridine rings is 1. The molecule has 0 radical (unpaired) electrons. The number of aromatic nitrogens is 5. The molecule has 0 spiro atoms. The van der Waals surface area contributed by atoms with Crippen molar-refractivity contribution in [3.8, 4) is 16.9 Å². The van der Waals surface area contributed by atoms with Crippen molar-refractivity contribution in [1.82, 2.24) is 24.7 Å². The first-order chi connectivity index (χ1) is 17.0. The summed E-state index contributed by atoms with van der Waals surface area (Å²) in [6.45, 7) is 1.26. The fourth-order valence-electron chi connectivity index (χ4n) is 4.37. The number of nitrogens with zero attached hydrogens (tertiary/aromatic N) is 4. The summed E-state index contributed by atoms with van der Waals surface area (Å²) in [6, 6.07) is 12.9. The highest BCUT2D eigenvalue weighted by atomic mass is 35.5. The zero-order chi connectivity index (χ0) is 24.0. The Bertz CT molecular complexity index is 1640. The Kier molecular flexibility index (Phi) is 5.46. The number of H-pyrrole nitrogens is 1. The Morgan fingerprint density at radius 1 is 1.11 bits per heavy atom. The Hall–Kier alpha value is -3.43. The Labute approximate surface area is 206 Å². The molecule has 35 heavy (non-hydrogen) atoms. The predicted molar refractivity (Wildman–Crippen MR) is 134 cm³/mol. The number of hydrogen-bond donors (Lipinski definition) is 1. The number of ether oxygens (including phenoxy) is 1. The lowest BCUT2D eigenvalue weighted by Gasteiger charge is -2.12. The molecule has 8 nitrogen and oxygen atoms in total. The lowest BCUT2D eigenvalue weighted by atomic mass is 9.99. The van der Waals surface area contributed by atoms with E-state index in [4.69, 9.17) is 16.3 Å². The van der Waals surface area contributed by atoms with Crippen molar-refractivity contribution in [1.29, 1.82) is 0 Å². The van der Waals surface area contributed by atoms with Crippen molar-refractivity contribution >= 4 is 43.4 Å². The maximum Gasteiger partial charge on any atom is 0.181 e. The normalized spacial score (nSPS) is 14.1. The van der Waals surface area contributed by atoms with E-state index in [1.807, 2.05) is 28.8 Å². The number of sulfone groups is 1. The number of aromatic amines is 1. The largest absolute Gasteiger partial charge is 0.491 e. The van der Waals surface area contributed by atoms with Crippen LogP contribution in [-0.2, 0) is 16.4 Å². The van der Waals surface area contributed by atoms with Gasteiger partial charge in [0.1, 0.15) is 24.1 Å². The third-order valence-corrected chi connectivity index (χ3v) is 8.72. The van der Waals surface area contributed by atoms with E-state index in [2.05, 4.69) is 20.2 Å². The molecule has 10 heteroatoms. The van der Waals surface area contributed by atoms with Crippen LogP contribution in [0.2, 0.25) is 5.02 Å². The number of benzene rings is 2. The van der Waals surface area contributed by atoms with Gasteiger partial charge >= 0.3 is 0 Å². The summed E-state index contributed by atoms with van der Waals surface area (Å²) in [4.78, 5) is 8.19. The second-order valence-electron chi connectivity index (χ2n) is 8.71. The zero-order valence-electron chi connectivity index (χ0n) is 18.7.